The van der Waals surface area contributed by atoms with Gasteiger partial charge in [-0.3, -0.25) is 4.98 Å². The molecule has 1 atom stereocenters. The largest absolute Gasteiger partial charge is 0.381 e. The van der Waals surface area contributed by atoms with Gasteiger partial charge < -0.3 is 10.5 Å². The van der Waals surface area contributed by atoms with Crippen molar-refractivity contribution in [2.75, 3.05) is 13.2 Å². The summed E-state index contributed by atoms with van der Waals surface area (Å²) in [6, 6.07) is 4.18. The van der Waals surface area contributed by atoms with Gasteiger partial charge in [0.2, 0.25) is 0 Å². The highest BCUT2D eigenvalue weighted by Crippen LogP contribution is 2.28. The van der Waals surface area contributed by atoms with Crippen LogP contribution in [0.3, 0.4) is 0 Å². The number of nitrogens with two attached hydrogens (primary N) is 1. The second-order valence-electron chi connectivity index (χ2n) is 4.38. The van der Waals surface area contributed by atoms with Crippen LogP contribution < -0.4 is 5.73 Å². The van der Waals surface area contributed by atoms with Gasteiger partial charge in [0.25, 0.3) is 0 Å². The average Bonchev–Trinajstić information content (AvgIpc) is 2.39. The van der Waals surface area contributed by atoms with Gasteiger partial charge in [-0.05, 0) is 36.8 Å². The van der Waals surface area contributed by atoms with Gasteiger partial charge in [0.05, 0.1) is 11.7 Å². The molecule has 0 amide bonds. The predicted molar refractivity (Wildman–Crippen MR) is 64.1 cm³/mol. The van der Waals surface area contributed by atoms with E-state index in [1.165, 1.54) is 5.56 Å². The summed E-state index contributed by atoms with van der Waals surface area (Å²) in [6.07, 6.45) is 4.95. The lowest BCUT2D eigenvalue weighted by atomic mass is 9.88. The SMILES string of the molecule is CCc1cccnc1C(N)C1CCOCC1. The summed E-state index contributed by atoms with van der Waals surface area (Å²) in [5.74, 6) is 0.522. The van der Waals surface area contributed by atoms with Gasteiger partial charge in [0.15, 0.2) is 0 Å². The van der Waals surface area contributed by atoms with Crippen molar-refractivity contribution in [3.05, 3.63) is 29.6 Å². The van der Waals surface area contributed by atoms with Crippen molar-refractivity contribution in [1.29, 1.82) is 0 Å². The Kier molecular flexibility index (Phi) is 3.91. The minimum Gasteiger partial charge on any atom is -0.381 e. The fraction of sp³-hybridized carbons (Fsp3) is 0.615. The van der Waals surface area contributed by atoms with Gasteiger partial charge in [-0.2, -0.15) is 0 Å². The molecule has 88 valence electrons. The monoisotopic (exact) mass is 220 g/mol. The summed E-state index contributed by atoms with van der Waals surface area (Å²) in [5.41, 5.74) is 8.69. The molecule has 16 heavy (non-hydrogen) atoms. The first-order valence-electron chi connectivity index (χ1n) is 6.10. The number of hydrogen-bond acceptors (Lipinski definition) is 3. The number of pyridine rings is 1. The molecule has 1 aromatic heterocycles. The third-order valence-corrected chi connectivity index (χ3v) is 3.40. The van der Waals surface area contributed by atoms with Crippen molar-refractivity contribution in [1.82, 2.24) is 4.98 Å². The third kappa shape index (κ3) is 2.42. The number of rotatable bonds is 3. The van der Waals surface area contributed by atoms with E-state index in [1.54, 1.807) is 0 Å². The zero-order valence-electron chi connectivity index (χ0n) is 9.86. The van der Waals surface area contributed by atoms with E-state index < -0.39 is 0 Å². The van der Waals surface area contributed by atoms with Crippen molar-refractivity contribution in [2.45, 2.75) is 32.2 Å². The Bertz CT molecular complexity index is 334. The number of nitrogens with zero attached hydrogens (tertiary/aromatic N) is 1. The molecule has 2 rings (SSSR count). The zero-order valence-corrected chi connectivity index (χ0v) is 9.86. The zero-order chi connectivity index (χ0) is 11.4. The van der Waals surface area contributed by atoms with Crippen molar-refractivity contribution >= 4 is 0 Å². The summed E-state index contributed by atoms with van der Waals surface area (Å²) in [4.78, 5) is 4.46. The van der Waals surface area contributed by atoms with Crippen LogP contribution >= 0.6 is 0 Å². The van der Waals surface area contributed by atoms with E-state index in [-0.39, 0.29) is 6.04 Å². The first kappa shape index (κ1) is 11.6. The lowest BCUT2D eigenvalue weighted by Gasteiger charge is -2.28. The van der Waals surface area contributed by atoms with Crippen LogP contribution in [-0.4, -0.2) is 18.2 Å². The number of hydrogen-bond donors (Lipinski definition) is 1. The summed E-state index contributed by atoms with van der Waals surface area (Å²) < 4.78 is 5.37. The molecule has 0 spiro atoms. The molecule has 2 N–H and O–H groups in total. The van der Waals surface area contributed by atoms with E-state index in [2.05, 4.69) is 18.0 Å². The number of aromatic nitrogens is 1. The van der Waals surface area contributed by atoms with Crippen LogP contribution in [0.1, 0.15) is 37.1 Å². The van der Waals surface area contributed by atoms with Gasteiger partial charge in [-0.25, -0.2) is 0 Å². The number of aryl methyl sites for hydroxylation is 1. The van der Waals surface area contributed by atoms with Crippen LogP contribution in [-0.2, 0) is 11.2 Å². The van der Waals surface area contributed by atoms with Gasteiger partial charge in [0, 0.05) is 19.4 Å². The van der Waals surface area contributed by atoms with E-state index in [4.69, 9.17) is 10.5 Å². The quantitative estimate of drug-likeness (QED) is 0.848. The molecule has 1 aromatic rings. The van der Waals surface area contributed by atoms with Crippen LogP contribution in [0, 0.1) is 5.92 Å². The minimum atomic E-state index is 0.0695. The highest BCUT2D eigenvalue weighted by Gasteiger charge is 2.24. The Labute approximate surface area is 97.0 Å². The average molecular weight is 220 g/mol. The molecule has 3 nitrogen and oxygen atoms in total. The fourth-order valence-corrected chi connectivity index (χ4v) is 2.35. The van der Waals surface area contributed by atoms with Crippen molar-refractivity contribution in [2.24, 2.45) is 11.7 Å². The molecule has 1 fully saturated rings. The molecule has 0 aromatic carbocycles. The van der Waals surface area contributed by atoms with Crippen molar-refractivity contribution < 1.29 is 4.74 Å². The van der Waals surface area contributed by atoms with E-state index in [9.17, 15) is 0 Å². The summed E-state index contributed by atoms with van der Waals surface area (Å²) >= 11 is 0. The molecule has 1 aliphatic rings. The second kappa shape index (κ2) is 5.41. The van der Waals surface area contributed by atoms with Crippen LogP contribution in [0.2, 0.25) is 0 Å². The fourth-order valence-electron chi connectivity index (χ4n) is 2.35. The standard InChI is InChI=1S/C13H20N2O/c1-2-10-4-3-7-15-13(10)12(14)11-5-8-16-9-6-11/h3-4,7,11-12H,2,5-6,8-9,14H2,1H3. The summed E-state index contributed by atoms with van der Waals surface area (Å²) in [6.45, 7) is 3.83. The molecule has 1 aliphatic heterocycles. The summed E-state index contributed by atoms with van der Waals surface area (Å²) in [5, 5.41) is 0. The van der Waals surface area contributed by atoms with E-state index >= 15 is 0 Å². The van der Waals surface area contributed by atoms with E-state index in [0.29, 0.717) is 5.92 Å². The first-order chi connectivity index (χ1) is 7.83. The second-order valence-corrected chi connectivity index (χ2v) is 4.38. The smallest absolute Gasteiger partial charge is 0.0605 e. The lowest BCUT2D eigenvalue weighted by molar-refractivity contribution is 0.0578. The van der Waals surface area contributed by atoms with Gasteiger partial charge in [0.1, 0.15) is 0 Å². The maximum Gasteiger partial charge on any atom is 0.0605 e. The molecule has 0 saturated carbocycles. The molecular weight excluding hydrogens is 200 g/mol. The molecule has 0 radical (unpaired) electrons. The molecular formula is C13H20N2O. The van der Waals surface area contributed by atoms with E-state index in [1.807, 2.05) is 12.3 Å². The van der Waals surface area contributed by atoms with Crippen LogP contribution in [0.15, 0.2) is 18.3 Å². The van der Waals surface area contributed by atoms with Gasteiger partial charge >= 0.3 is 0 Å². The molecule has 2 heterocycles. The Morgan fingerprint density at radius 1 is 1.50 bits per heavy atom. The molecule has 3 heteroatoms. The van der Waals surface area contributed by atoms with E-state index in [0.717, 1.165) is 38.2 Å². The highest BCUT2D eigenvalue weighted by molar-refractivity contribution is 5.23. The normalized spacial score (nSPS) is 19.6. The highest BCUT2D eigenvalue weighted by atomic mass is 16.5. The maximum absolute atomic E-state index is 6.33. The van der Waals surface area contributed by atoms with Crippen molar-refractivity contribution in [3.63, 3.8) is 0 Å². The van der Waals surface area contributed by atoms with Crippen LogP contribution in [0.25, 0.3) is 0 Å². The topological polar surface area (TPSA) is 48.1 Å². The minimum absolute atomic E-state index is 0.0695. The lowest BCUT2D eigenvalue weighted by Crippen LogP contribution is -2.28. The Morgan fingerprint density at radius 3 is 2.94 bits per heavy atom. The van der Waals surface area contributed by atoms with Crippen molar-refractivity contribution in [3.8, 4) is 0 Å². The molecule has 0 bridgehead atoms. The van der Waals surface area contributed by atoms with Crippen LogP contribution in [0.4, 0.5) is 0 Å². The first-order valence-corrected chi connectivity index (χ1v) is 6.10. The Hall–Kier alpha value is -0.930. The number of ether oxygens (including phenoxy) is 1. The molecule has 0 aliphatic carbocycles. The summed E-state index contributed by atoms with van der Waals surface area (Å²) in [7, 11) is 0. The van der Waals surface area contributed by atoms with Gasteiger partial charge in [-0.15, -0.1) is 0 Å². The maximum atomic E-state index is 6.33. The molecule has 1 saturated heterocycles. The Balaban J connectivity index is 2.15. The predicted octanol–water partition coefficient (Wildman–Crippen LogP) is 2.07. The molecule has 1 unspecified atom stereocenters. The Morgan fingerprint density at radius 2 is 2.25 bits per heavy atom. The third-order valence-electron chi connectivity index (χ3n) is 3.40. The van der Waals surface area contributed by atoms with Gasteiger partial charge in [-0.1, -0.05) is 13.0 Å². The van der Waals surface area contributed by atoms with Crippen LogP contribution in [0.5, 0.6) is 0 Å².